The molecule has 1 unspecified atom stereocenters. The van der Waals surface area contributed by atoms with Gasteiger partial charge in [0.15, 0.2) is 0 Å². The van der Waals surface area contributed by atoms with E-state index in [-0.39, 0.29) is 12.3 Å². The zero-order chi connectivity index (χ0) is 10.6. The molecule has 0 aromatic heterocycles. The molecule has 4 nitrogen and oxygen atoms in total. The van der Waals surface area contributed by atoms with Gasteiger partial charge in [-0.15, -0.1) is 0 Å². The molecule has 0 saturated carbocycles. The average molecular weight is 196 g/mol. The van der Waals surface area contributed by atoms with E-state index in [9.17, 15) is 5.11 Å². The number of phenols is 1. The van der Waals surface area contributed by atoms with Crippen molar-refractivity contribution >= 4 is 5.69 Å². The third-order valence-corrected chi connectivity index (χ3v) is 2.05. The number of phenolic OH excluding ortho intramolecular Hbond substituents is 1. The standard InChI is InChI=1S/C10H16N2O2/c1-12(7-10(14)6-11)8-2-4-9(13)5-3-8/h2-5,10,13-14H,6-7,11H2,1H3. The molecule has 0 bridgehead atoms. The number of hydrogen-bond acceptors (Lipinski definition) is 4. The Morgan fingerprint density at radius 3 is 2.43 bits per heavy atom. The minimum absolute atomic E-state index is 0.238. The molecule has 0 heterocycles. The summed E-state index contributed by atoms with van der Waals surface area (Å²) in [6.07, 6.45) is -0.520. The summed E-state index contributed by atoms with van der Waals surface area (Å²) in [6, 6.07) is 6.80. The van der Waals surface area contributed by atoms with Crippen molar-refractivity contribution in [2.75, 3.05) is 25.0 Å². The van der Waals surface area contributed by atoms with Gasteiger partial charge in [0.25, 0.3) is 0 Å². The van der Waals surface area contributed by atoms with Crippen molar-refractivity contribution in [3.8, 4) is 5.75 Å². The van der Waals surface area contributed by atoms with Crippen LogP contribution in [0.3, 0.4) is 0 Å². The average Bonchev–Trinajstić information content (AvgIpc) is 2.18. The molecule has 1 aromatic carbocycles. The van der Waals surface area contributed by atoms with Gasteiger partial charge in [0.05, 0.1) is 6.10 Å². The summed E-state index contributed by atoms with van der Waals surface area (Å²) in [5.41, 5.74) is 6.25. The molecule has 14 heavy (non-hydrogen) atoms. The number of aliphatic hydroxyl groups is 1. The zero-order valence-electron chi connectivity index (χ0n) is 8.22. The Bertz CT molecular complexity index is 274. The number of benzene rings is 1. The molecule has 0 amide bonds. The predicted octanol–water partition coefficient (Wildman–Crippen LogP) is 0.148. The predicted molar refractivity (Wildman–Crippen MR) is 56.4 cm³/mol. The van der Waals surface area contributed by atoms with E-state index in [1.165, 1.54) is 0 Å². The van der Waals surface area contributed by atoms with Gasteiger partial charge in [-0.2, -0.15) is 0 Å². The first-order valence-electron chi connectivity index (χ1n) is 4.51. The molecule has 1 atom stereocenters. The first kappa shape index (κ1) is 10.8. The molecule has 0 aliphatic carbocycles. The lowest BCUT2D eigenvalue weighted by Crippen LogP contribution is -2.34. The summed E-state index contributed by atoms with van der Waals surface area (Å²) in [4.78, 5) is 1.89. The molecular weight excluding hydrogens is 180 g/mol. The fourth-order valence-corrected chi connectivity index (χ4v) is 1.20. The molecule has 4 heteroatoms. The molecule has 1 rings (SSSR count). The van der Waals surface area contributed by atoms with Gasteiger partial charge in [-0.1, -0.05) is 0 Å². The van der Waals surface area contributed by atoms with E-state index >= 15 is 0 Å². The van der Waals surface area contributed by atoms with E-state index in [1.807, 2.05) is 11.9 Å². The second-order valence-electron chi connectivity index (χ2n) is 3.29. The molecule has 0 saturated heterocycles. The maximum absolute atomic E-state index is 9.33. The maximum Gasteiger partial charge on any atom is 0.115 e. The van der Waals surface area contributed by atoms with Crippen molar-refractivity contribution in [1.82, 2.24) is 0 Å². The summed E-state index contributed by atoms with van der Waals surface area (Å²) in [7, 11) is 1.87. The SMILES string of the molecule is CN(CC(O)CN)c1ccc(O)cc1. The number of rotatable bonds is 4. The lowest BCUT2D eigenvalue weighted by atomic mass is 10.2. The molecule has 78 valence electrons. The number of aliphatic hydroxyl groups excluding tert-OH is 1. The van der Waals surface area contributed by atoms with Crippen LogP contribution in [0.2, 0.25) is 0 Å². The number of nitrogens with two attached hydrogens (primary N) is 1. The summed E-state index contributed by atoms with van der Waals surface area (Å²) in [5, 5.41) is 18.4. The number of likely N-dealkylation sites (N-methyl/N-ethyl adjacent to an activating group) is 1. The summed E-state index contributed by atoms with van der Waals surface area (Å²) >= 11 is 0. The van der Waals surface area contributed by atoms with E-state index < -0.39 is 6.10 Å². The molecular formula is C10H16N2O2. The van der Waals surface area contributed by atoms with Gasteiger partial charge in [0, 0.05) is 25.8 Å². The van der Waals surface area contributed by atoms with Crippen molar-refractivity contribution in [1.29, 1.82) is 0 Å². The highest BCUT2D eigenvalue weighted by atomic mass is 16.3. The topological polar surface area (TPSA) is 69.7 Å². The highest BCUT2D eigenvalue weighted by Crippen LogP contribution is 2.16. The Balaban J connectivity index is 2.60. The third-order valence-electron chi connectivity index (χ3n) is 2.05. The van der Waals surface area contributed by atoms with Gasteiger partial charge in [-0.25, -0.2) is 0 Å². The molecule has 0 aliphatic rings. The molecule has 0 radical (unpaired) electrons. The Hall–Kier alpha value is -1.26. The van der Waals surface area contributed by atoms with Gasteiger partial charge < -0.3 is 20.8 Å². The number of aromatic hydroxyl groups is 1. The van der Waals surface area contributed by atoms with Crippen LogP contribution in [0.1, 0.15) is 0 Å². The molecule has 0 fully saturated rings. The summed E-state index contributed by atoms with van der Waals surface area (Å²) in [6.45, 7) is 0.740. The third kappa shape index (κ3) is 2.90. The van der Waals surface area contributed by atoms with E-state index in [1.54, 1.807) is 24.3 Å². The van der Waals surface area contributed by atoms with E-state index in [0.717, 1.165) is 5.69 Å². The Labute approximate surface area is 83.6 Å². The van der Waals surface area contributed by atoms with Gasteiger partial charge in [-0.05, 0) is 24.3 Å². The fraction of sp³-hybridized carbons (Fsp3) is 0.400. The van der Waals surface area contributed by atoms with Crippen LogP contribution in [0.15, 0.2) is 24.3 Å². The van der Waals surface area contributed by atoms with Crippen LogP contribution in [-0.4, -0.2) is 36.5 Å². The lowest BCUT2D eigenvalue weighted by molar-refractivity contribution is 0.189. The number of anilines is 1. The minimum Gasteiger partial charge on any atom is -0.508 e. The van der Waals surface area contributed by atoms with Gasteiger partial charge in [-0.3, -0.25) is 0 Å². The normalized spacial score (nSPS) is 12.5. The molecule has 0 spiro atoms. The quantitative estimate of drug-likeness (QED) is 0.641. The highest BCUT2D eigenvalue weighted by molar-refractivity contribution is 5.48. The molecule has 4 N–H and O–H groups in total. The van der Waals surface area contributed by atoms with Crippen LogP contribution < -0.4 is 10.6 Å². The van der Waals surface area contributed by atoms with Crippen LogP contribution in [-0.2, 0) is 0 Å². The van der Waals surface area contributed by atoms with Crippen LogP contribution in [0.4, 0.5) is 5.69 Å². The monoisotopic (exact) mass is 196 g/mol. The highest BCUT2D eigenvalue weighted by Gasteiger charge is 2.06. The first-order valence-corrected chi connectivity index (χ1v) is 4.51. The van der Waals surface area contributed by atoms with Crippen LogP contribution >= 0.6 is 0 Å². The molecule has 1 aromatic rings. The second-order valence-corrected chi connectivity index (χ2v) is 3.29. The van der Waals surface area contributed by atoms with Crippen molar-refractivity contribution in [3.63, 3.8) is 0 Å². The Morgan fingerprint density at radius 1 is 1.36 bits per heavy atom. The van der Waals surface area contributed by atoms with Crippen molar-refractivity contribution < 1.29 is 10.2 Å². The number of nitrogens with zero attached hydrogens (tertiary/aromatic N) is 1. The van der Waals surface area contributed by atoms with E-state index in [4.69, 9.17) is 10.8 Å². The number of hydrogen-bond donors (Lipinski definition) is 3. The summed E-state index contributed by atoms with van der Waals surface area (Å²) < 4.78 is 0. The zero-order valence-corrected chi connectivity index (χ0v) is 8.22. The van der Waals surface area contributed by atoms with Crippen molar-refractivity contribution in [2.24, 2.45) is 5.73 Å². The first-order chi connectivity index (χ1) is 6.63. The summed E-state index contributed by atoms with van der Waals surface area (Å²) in [5.74, 6) is 0.238. The van der Waals surface area contributed by atoms with Gasteiger partial charge >= 0.3 is 0 Å². The van der Waals surface area contributed by atoms with Gasteiger partial charge in [0.1, 0.15) is 5.75 Å². The smallest absolute Gasteiger partial charge is 0.115 e. The van der Waals surface area contributed by atoms with Crippen LogP contribution in [0.25, 0.3) is 0 Å². The van der Waals surface area contributed by atoms with Crippen molar-refractivity contribution in [3.05, 3.63) is 24.3 Å². The van der Waals surface area contributed by atoms with E-state index in [2.05, 4.69) is 0 Å². The molecule has 0 aliphatic heterocycles. The van der Waals surface area contributed by atoms with Crippen LogP contribution in [0.5, 0.6) is 5.75 Å². The van der Waals surface area contributed by atoms with E-state index in [0.29, 0.717) is 6.54 Å². The minimum atomic E-state index is -0.520. The van der Waals surface area contributed by atoms with Gasteiger partial charge in [0.2, 0.25) is 0 Å². The largest absolute Gasteiger partial charge is 0.508 e. The van der Waals surface area contributed by atoms with Crippen LogP contribution in [0, 0.1) is 0 Å². The maximum atomic E-state index is 9.33. The Morgan fingerprint density at radius 2 is 1.93 bits per heavy atom. The second kappa shape index (κ2) is 4.83. The fourth-order valence-electron chi connectivity index (χ4n) is 1.20. The Kier molecular flexibility index (Phi) is 3.73. The van der Waals surface area contributed by atoms with Crippen molar-refractivity contribution in [2.45, 2.75) is 6.10 Å². The lowest BCUT2D eigenvalue weighted by Gasteiger charge is -2.21.